The van der Waals surface area contributed by atoms with Gasteiger partial charge in [0.2, 0.25) is 11.8 Å². The van der Waals surface area contributed by atoms with Crippen LogP contribution in [0.4, 0.5) is 14.5 Å². The number of nitrogens with one attached hydrogen (secondary N) is 1. The van der Waals surface area contributed by atoms with E-state index in [0.29, 0.717) is 16.2 Å². The van der Waals surface area contributed by atoms with Crippen molar-refractivity contribution in [3.05, 3.63) is 106 Å². The summed E-state index contributed by atoms with van der Waals surface area (Å²) in [4.78, 5) is 69.1. The second-order valence-electron chi connectivity index (χ2n) is 12.6. The van der Waals surface area contributed by atoms with Crippen LogP contribution >= 0.6 is 11.6 Å². The molecule has 13 heteroatoms. The largest absolute Gasteiger partial charge is 0.505 e. The monoisotopic (exact) mass is 675 g/mol. The summed E-state index contributed by atoms with van der Waals surface area (Å²) in [6.07, 6.45) is 1.40. The maximum absolute atomic E-state index is 15.1. The average molecular weight is 676 g/mol. The highest BCUT2D eigenvalue weighted by molar-refractivity contribution is 6.30. The number of rotatable bonds is 7. The van der Waals surface area contributed by atoms with Gasteiger partial charge in [0.25, 0.3) is 11.8 Å². The standard InChI is InChI=1S/C35H28ClF2N3O7/c36-19-4-2-18(3-5-19)35-25(32(46)41(34(35)48)39-21-8-6-20(37)7-9-21)16-24-22(30(35)17-1-12-27(42)26(38)15-17)10-11-23-29(24)33(47)40(31(23)45)14-13-28(43)44/h1-10,12,15,23-25,29-30,39,42H,11,13-14,16H2,(H,43,44)/t23-,24+,25-,29-,30-,35+/m0/s1. The van der Waals surface area contributed by atoms with Gasteiger partial charge in [-0.3, -0.25) is 34.3 Å². The lowest BCUT2D eigenvalue weighted by atomic mass is 9.49. The third kappa shape index (κ3) is 4.68. The van der Waals surface area contributed by atoms with E-state index in [0.717, 1.165) is 34.2 Å². The SMILES string of the molecule is O=C(O)CCN1C(=O)[C@H]2[C@H](CC=C3[C@H]2C[C@H]2C(=O)N(Nc4ccc(F)cc4)C(=O)[C@@]2(c2ccc(Cl)cc2)[C@H]3c2ccc(O)c(F)c2)C1=O. The van der Waals surface area contributed by atoms with Crippen molar-refractivity contribution >= 4 is 46.9 Å². The molecular weight excluding hydrogens is 648 g/mol. The van der Waals surface area contributed by atoms with Crippen LogP contribution in [0.2, 0.25) is 5.02 Å². The highest BCUT2D eigenvalue weighted by atomic mass is 35.5. The first-order valence-electron chi connectivity index (χ1n) is 15.4. The predicted molar refractivity (Wildman–Crippen MR) is 166 cm³/mol. The molecule has 2 aliphatic heterocycles. The maximum atomic E-state index is 15.1. The number of halogens is 3. The van der Waals surface area contributed by atoms with E-state index in [-0.39, 0.29) is 30.6 Å². The Labute approximate surface area is 277 Å². The van der Waals surface area contributed by atoms with Gasteiger partial charge in [-0.25, -0.2) is 8.78 Å². The molecular formula is C35H28ClF2N3O7. The number of fused-ring (bicyclic) bond motifs is 4. The molecule has 2 heterocycles. The first kappa shape index (κ1) is 31.5. The Hall–Kier alpha value is -5.10. The Morgan fingerprint density at radius 1 is 0.938 bits per heavy atom. The lowest BCUT2D eigenvalue weighted by molar-refractivity contribution is -0.143. The number of hydrogen-bond donors (Lipinski definition) is 3. The molecule has 2 aliphatic carbocycles. The summed E-state index contributed by atoms with van der Waals surface area (Å²) in [7, 11) is 0. The molecule has 3 aromatic rings. The molecule has 0 radical (unpaired) electrons. The van der Waals surface area contributed by atoms with E-state index in [1.54, 1.807) is 30.3 Å². The number of likely N-dealkylation sites (tertiary alicyclic amines) is 1. The zero-order valence-electron chi connectivity index (χ0n) is 25.1. The van der Waals surface area contributed by atoms with Gasteiger partial charge in [0.15, 0.2) is 11.6 Å². The molecule has 6 atom stereocenters. The van der Waals surface area contributed by atoms with Crippen LogP contribution in [0.3, 0.4) is 0 Å². The van der Waals surface area contributed by atoms with Gasteiger partial charge in [-0.15, -0.1) is 0 Å². The van der Waals surface area contributed by atoms with Gasteiger partial charge < -0.3 is 10.2 Å². The Balaban J connectivity index is 1.43. The summed E-state index contributed by atoms with van der Waals surface area (Å²) in [5, 5.41) is 20.6. The van der Waals surface area contributed by atoms with Crippen molar-refractivity contribution in [1.82, 2.24) is 9.91 Å². The fourth-order valence-electron chi connectivity index (χ4n) is 8.23. The van der Waals surface area contributed by atoms with Crippen LogP contribution in [-0.4, -0.2) is 56.3 Å². The highest BCUT2D eigenvalue weighted by Gasteiger charge is 2.70. The molecule has 2 saturated heterocycles. The smallest absolute Gasteiger partial charge is 0.305 e. The number of imide groups is 2. The summed E-state index contributed by atoms with van der Waals surface area (Å²) in [6.45, 7) is -0.306. The summed E-state index contributed by atoms with van der Waals surface area (Å²) in [5.74, 6) is -10.4. The van der Waals surface area contributed by atoms with Crippen molar-refractivity contribution in [3.63, 3.8) is 0 Å². The lowest BCUT2D eigenvalue weighted by Crippen LogP contribution is -2.53. The van der Waals surface area contributed by atoms with Crippen molar-refractivity contribution in [2.24, 2.45) is 23.7 Å². The molecule has 1 saturated carbocycles. The van der Waals surface area contributed by atoms with Crippen molar-refractivity contribution in [2.75, 3.05) is 12.0 Å². The fraction of sp³-hybridized carbons (Fsp3) is 0.286. The predicted octanol–water partition coefficient (Wildman–Crippen LogP) is 4.78. The van der Waals surface area contributed by atoms with Crippen LogP contribution in [0.25, 0.3) is 0 Å². The summed E-state index contributed by atoms with van der Waals surface area (Å²) in [6, 6.07) is 15.1. The molecule has 246 valence electrons. The number of hydrogen-bond acceptors (Lipinski definition) is 7. The van der Waals surface area contributed by atoms with Gasteiger partial charge in [0.1, 0.15) is 5.82 Å². The van der Waals surface area contributed by atoms with Gasteiger partial charge in [-0.05, 0) is 78.4 Å². The normalized spacial score (nSPS) is 27.8. The number of phenols is 1. The quantitative estimate of drug-likeness (QED) is 0.240. The van der Waals surface area contributed by atoms with Gasteiger partial charge >= 0.3 is 5.97 Å². The van der Waals surface area contributed by atoms with Crippen LogP contribution < -0.4 is 5.43 Å². The number of nitrogens with zero attached hydrogens (tertiary/aromatic N) is 2. The van der Waals surface area contributed by atoms with Crippen LogP contribution in [0.15, 0.2) is 78.4 Å². The summed E-state index contributed by atoms with van der Waals surface area (Å²) >= 11 is 6.25. The number of anilines is 1. The minimum Gasteiger partial charge on any atom is -0.505 e. The molecule has 0 aromatic heterocycles. The lowest BCUT2D eigenvalue weighted by Gasteiger charge is -2.50. The first-order valence-corrected chi connectivity index (χ1v) is 15.7. The molecule has 0 unspecified atom stereocenters. The van der Waals surface area contributed by atoms with E-state index < -0.39 is 88.4 Å². The minimum atomic E-state index is -1.71. The Morgan fingerprint density at radius 3 is 2.31 bits per heavy atom. The van der Waals surface area contributed by atoms with Crippen LogP contribution in [0.1, 0.15) is 36.3 Å². The van der Waals surface area contributed by atoms with Crippen LogP contribution in [-0.2, 0) is 29.4 Å². The molecule has 7 rings (SSSR count). The van der Waals surface area contributed by atoms with Gasteiger partial charge in [-0.2, -0.15) is 5.01 Å². The van der Waals surface area contributed by atoms with Gasteiger partial charge in [-0.1, -0.05) is 41.4 Å². The Morgan fingerprint density at radius 2 is 1.65 bits per heavy atom. The second-order valence-corrected chi connectivity index (χ2v) is 13.0. The highest BCUT2D eigenvalue weighted by Crippen LogP contribution is 2.64. The third-order valence-electron chi connectivity index (χ3n) is 10.2. The van der Waals surface area contributed by atoms with Crippen molar-refractivity contribution in [3.8, 4) is 5.75 Å². The zero-order chi connectivity index (χ0) is 34.1. The number of benzene rings is 3. The van der Waals surface area contributed by atoms with Crippen molar-refractivity contribution in [2.45, 2.75) is 30.6 Å². The van der Waals surface area contributed by atoms with Gasteiger partial charge in [0, 0.05) is 17.5 Å². The third-order valence-corrected chi connectivity index (χ3v) is 10.5. The molecule has 0 spiro atoms. The molecule has 3 fully saturated rings. The molecule has 4 amide bonds. The van der Waals surface area contributed by atoms with Crippen molar-refractivity contribution < 1.29 is 43.0 Å². The number of allylic oxidation sites excluding steroid dienone is 2. The van der Waals surface area contributed by atoms with Crippen molar-refractivity contribution in [1.29, 1.82) is 0 Å². The average Bonchev–Trinajstić information content (AvgIpc) is 3.43. The van der Waals surface area contributed by atoms with E-state index in [9.17, 15) is 38.6 Å². The number of hydrazine groups is 1. The van der Waals surface area contributed by atoms with E-state index in [2.05, 4.69) is 5.43 Å². The number of aliphatic carboxylic acids is 1. The van der Waals surface area contributed by atoms with E-state index in [1.165, 1.54) is 18.2 Å². The Bertz CT molecular complexity index is 1920. The number of carboxylic acids is 1. The fourth-order valence-corrected chi connectivity index (χ4v) is 8.35. The number of carbonyl (C=O) groups excluding carboxylic acids is 4. The first-order chi connectivity index (χ1) is 22.9. The number of carboxylic acid groups (broad SMARTS) is 1. The molecule has 4 aliphatic rings. The van der Waals surface area contributed by atoms with E-state index in [1.807, 2.05) is 0 Å². The Kier molecular flexibility index (Phi) is 7.58. The number of amides is 4. The van der Waals surface area contributed by atoms with Crippen LogP contribution in [0.5, 0.6) is 5.75 Å². The second kappa shape index (κ2) is 11.6. The molecule has 10 nitrogen and oxygen atoms in total. The zero-order valence-corrected chi connectivity index (χ0v) is 25.9. The number of phenolic OH excluding ortho intramolecular Hbond substituents is 1. The van der Waals surface area contributed by atoms with Crippen LogP contribution in [0, 0.1) is 35.3 Å². The van der Waals surface area contributed by atoms with Gasteiger partial charge in [0.05, 0.1) is 35.3 Å². The minimum absolute atomic E-state index is 0.0370. The summed E-state index contributed by atoms with van der Waals surface area (Å²) < 4.78 is 28.9. The molecule has 3 aromatic carbocycles. The molecule has 0 bridgehead atoms. The summed E-state index contributed by atoms with van der Waals surface area (Å²) in [5.41, 5.74) is 2.57. The number of carbonyl (C=O) groups is 5. The maximum Gasteiger partial charge on any atom is 0.305 e. The van der Waals surface area contributed by atoms with E-state index >= 15 is 4.39 Å². The van der Waals surface area contributed by atoms with E-state index in [4.69, 9.17) is 11.6 Å². The number of aromatic hydroxyl groups is 1. The molecule has 3 N–H and O–H groups in total. The topological polar surface area (TPSA) is 144 Å². The molecule has 48 heavy (non-hydrogen) atoms.